The van der Waals surface area contributed by atoms with E-state index in [-0.39, 0.29) is 79.4 Å². The molecule has 3 aromatic carbocycles. The predicted molar refractivity (Wildman–Crippen MR) is 412 cm³/mol. The maximum atomic E-state index is 14.3. The molecule has 4 heterocycles. The number of anilines is 2. The Labute approximate surface area is 647 Å². The summed E-state index contributed by atoms with van der Waals surface area (Å²) in [5.74, 6) is -0.371. The molecule has 0 bridgehead atoms. The van der Waals surface area contributed by atoms with Crippen LogP contribution in [0.2, 0.25) is 0 Å². The Hall–Kier alpha value is -8.26. The van der Waals surface area contributed by atoms with Crippen LogP contribution in [0.25, 0.3) is 0 Å². The van der Waals surface area contributed by atoms with Crippen molar-refractivity contribution in [2.24, 2.45) is 16.8 Å². The molecule has 0 aromatic heterocycles. The van der Waals surface area contributed by atoms with Gasteiger partial charge in [-0.2, -0.15) is 0 Å². The molecule has 29 nitrogen and oxygen atoms in total. The van der Waals surface area contributed by atoms with Crippen LogP contribution in [0.5, 0.6) is 23.0 Å². The Morgan fingerprint density at radius 1 is 0.555 bits per heavy atom. The topological polar surface area (TPSA) is 330 Å². The number of unbranched alkanes of at least 4 members (excludes halogenated alkanes) is 2. The van der Waals surface area contributed by atoms with E-state index in [9.17, 15) is 38.7 Å². The van der Waals surface area contributed by atoms with Crippen molar-refractivity contribution in [3.05, 3.63) is 88.8 Å². The van der Waals surface area contributed by atoms with Gasteiger partial charge in [-0.1, -0.05) is 88.5 Å². The van der Waals surface area contributed by atoms with E-state index in [1.165, 1.54) is 89.5 Å². The summed E-state index contributed by atoms with van der Waals surface area (Å²) in [6, 6.07) is 10.0. The molecule has 1 aliphatic carbocycles. The Bertz CT molecular complexity index is 3490. The molecule has 1 fully saturated rings. The first-order chi connectivity index (χ1) is 53.4. The highest BCUT2D eigenvalue weighted by atomic mass is 16.6. The van der Waals surface area contributed by atoms with Crippen LogP contribution < -0.4 is 45.1 Å². The molecule has 4 aliphatic heterocycles. The number of aliphatic hydroxyl groups is 1. The van der Waals surface area contributed by atoms with Gasteiger partial charge in [0.1, 0.15) is 18.7 Å². The minimum atomic E-state index is -1.52. The number of benzene rings is 3. The van der Waals surface area contributed by atoms with Crippen molar-refractivity contribution in [3.8, 4) is 23.0 Å². The number of amides is 7. The lowest BCUT2D eigenvalue weighted by Crippen LogP contribution is -2.53. The summed E-state index contributed by atoms with van der Waals surface area (Å²) in [4.78, 5) is 103. The highest BCUT2D eigenvalue weighted by molar-refractivity contribution is 6.07. The number of carbonyl (C=O) groups is 7. The van der Waals surface area contributed by atoms with E-state index in [4.69, 9.17) is 61.6 Å². The van der Waals surface area contributed by atoms with Gasteiger partial charge < -0.3 is 97.8 Å². The van der Waals surface area contributed by atoms with E-state index >= 15 is 0 Å². The lowest BCUT2D eigenvalue weighted by atomic mass is 9.92. The zero-order valence-electron chi connectivity index (χ0n) is 65.5. The van der Waals surface area contributed by atoms with Gasteiger partial charge in [-0.3, -0.25) is 33.8 Å². The number of aliphatic hydroxyl groups excluding tert-OH is 1. The predicted octanol–water partition coefficient (Wildman–Crippen LogP) is 9.90. The minimum Gasteiger partial charge on any atom is -0.493 e. The quantitative estimate of drug-likeness (QED) is 0.0328. The first-order valence-electron chi connectivity index (χ1n) is 39.2. The van der Waals surface area contributed by atoms with Crippen LogP contribution in [0.4, 0.5) is 21.9 Å². The molecular formula is C81H118N8O21. The average Bonchev–Trinajstić information content (AvgIpc) is 1.59. The lowest BCUT2D eigenvalue weighted by Gasteiger charge is -2.31. The number of rotatable bonds is 47. The second-order valence-electron chi connectivity index (χ2n) is 28.5. The van der Waals surface area contributed by atoms with Gasteiger partial charge in [0.05, 0.1) is 168 Å². The molecule has 3 aromatic rings. The van der Waals surface area contributed by atoms with Gasteiger partial charge in [-0.05, 0) is 107 Å². The normalized spacial score (nSPS) is 17.8. The van der Waals surface area contributed by atoms with Crippen LogP contribution in [0.3, 0.4) is 0 Å². The van der Waals surface area contributed by atoms with Crippen molar-refractivity contribution in [2.45, 2.75) is 181 Å². The van der Waals surface area contributed by atoms with Gasteiger partial charge >= 0.3 is 6.09 Å². The number of nitrogens with zero attached hydrogens (tertiary/aromatic N) is 4. The maximum absolute atomic E-state index is 14.3. The number of carbonyl (C=O) groups excluding carboxylic acids is 7. The fourth-order valence-corrected chi connectivity index (χ4v) is 13.4. The molecule has 110 heavy (non-hydrogen) atoms. The molecule has 1 saturated carbocycles. The summed E-state index contributed by atoms with van der Waals surface area (Å²) < 4.78 is 74.1. The Kier molecular flexibility index (Phi) is 38.0. The molecule has 8 rings (SSSR count). The number of nitrogens with one attached hydrogen (secondary N) is 4. The van der Waals surface area contributed by atoms with Gasteiger partial charge in [0.2, 0.25) is 23.6 Å². The van der Waals surface area contributed by atoms with E-state index in [1.807, 2.05) is 20.0 Å². The van der Waals surface area contributed by atoms with Gasteiger partial charge in [0.15, 0.2) is 29.2 Å². The fraction of sp³-hybridized carbons (Fsp3) is 0.630. The number of methoxy groups -OCH3 is 2. The lowest BCUT2D eigenvalue weighted by molar-refractivity contribution is -0.132. The number of hydrogen-bond donors (Lipinski definition) is 5. The van der Waals surface area contributed by atoms with Crippen LogP contribution in [-0.2, 0) is 68.4 Å². The Morgan fingerprint density at radius 2 is 1.06 bits per heavy atom. The summed E-state index contributed by atoms with van der Waals surface area (Å²) in [5, 5.41) is 23.2. The number of ether oxygens (including phenoxy) is 13. The SMILES string of the molecule is COc1cc2c(cc1OCCCCCOc1cc3c(cc1OC)C(=O)N1C=C(C)CC1C(O)N3C(=O)OCc1ccc(NC(=O)C(C)NC(=O)C(NC(=O)CCOCCOCCOCCOCCOCCOCCOCCOCCNC(=O)CC3CCCCCCCCCC3)C(C)C)cc1)N=CC1CC(C)=CN1C2=O. The van der Waals surface area contributed by atoms with E-state index in [0.717, 1.165) is 35.3 Å². The number of fused-ring (bicyclic) bond motifs is 4. The van der Waals surface area contributed by atoms with Crippen LogP contribution >= 0.6 is 0 Å². The molecule has 7 amide bonds. The minimum absolute atomic E-state index is 0.00272. The van der Waals surface area contributed by atoms with Gasteiger partial charge in [0, 0.05) is 55.8 Å². The summed E-state index contributed by atoms with van der Waals surface area (Å²) >= 11 is 0. The van der Waals surface area contributed by atoms with Crippen molar-refractivity contribution in [1.29, 1.82) is 0 Å². The first-order valence-corrected chi connectivity index (χ1v) is 39.2. The standard InChI is InChI=1S/C81H118N8O21/c1-56(2)75(86-73(90)25-29-100-31-33-102-35-37-104-39-41-106-43-44-107-42-40-105-38-36-103-34-32-101-30-26-82-74(91)47-60-19-15-12-10-8-9-11-13-16-20-60)77(93)84-59(5)76(92)85-62-23-21-61(22-24-62)55-110-81(97)89-67-51-72(70(99-7)49-65(67)79(95)88-54-58(4)46-68(88)80(89)96)109-28-18-14-17-27-108-71-50-66-64(48-69(71)98-6)78(94)87-53-57(3)45-63(87)52-83-66/h21-24,48-54,56,59-60,63,68,75,80,96H,8-20,25-47,55H2,1-7H3,(H,82,91)(H,84,93)(H,85,92)(H,86,90). The largest absolute Gasteiger partial charge is 0.493 e. The first kappa shape index (κ1) is 87.3. The third-order valence-electron chi connectivity index (χ3n) is 19.4. The summed E-state index contributed by atoms with van der Waals surface area (Å²) in [7, 11) is 2.97. The van der Waals surface area contributed by atoms with Crippen LogP contribution in [0, 0.1) is 11.8 Å². The molecule has 5 atom stereocenters. The molecular weight excluding hydrogens is 1420 g/mol. The van der Waals surface area contributed by atoms with Gasteiger partial charge in [-0.25, -0.2) is 9.69 Å². The number of aliphatic imine (C=N–C) groups is 1. The maximum Gasteiger partial charge on any atom is 0.416 e. The zero-order chi connectivity index (χ0) is 78.4. The van der Waals surface area contributed by atoms with Crippen molar-refractivity contribution in [1.82, 2.24) is 25.8 Å². The van der Waals surface area contributed by atoms with Gasteiger partial charge in [0.25, 0.3) is 11.8 Å². The molecule has 0 radical (unpaired) electrons. The molecule has 5 aliphatic rings. The van der Waals surface area contributed by atoms with Gasteiger partial charge in [-0.15, -0.1) is 0 Å². The molecule has 5 unspecified atom stereocenters. The Morgan fingerprint density at radius 3 is 1.63 bits per heavy atom. The molecule has 608 valence electrons. The highest BCUT2D eigenvalue weighted by Crippen LogP contribution is 2.43. The molecule has 29 heteroatoms. The highest BCUT2D eigenvalue weighted by Gasteiger charge is 2.45. The second kappa shape index (κ2) is 47.8. The second-order valence-corrected chi connectivity index (χ2v) is 28.5. The fourth-order valence-electron chi connectivity index (χ4n) is 13.4. The van der Waals surface area contributed by atoms with Crippen molar-refractivity contribution >= 4 is 64.8 Å². The summed E-state index contributed by atoms with van der Waals surface area (Å²) in [6.07, 6.45) is 19.2. The third kappa shape index (κ3) is 28.5. The summed E-state index contributed by atoms with van der Waals surface area (Å²) in [6.45, 7) is 16.0. The third-order valence-corrected chi connectivity index (χ3v) is 19.4. The van der Waals surface area contributed by atoms with Crippen LogP contribution in [-0.4, -0.2) is 233 Å². The van der Waals surface area contributed by atoms with Crippen LogP contribution in [0.15, 0.2) is 77.1 Å². The molecule has 0 spiro atoms. The monoisotopic (exact) mass is 1540 g/mol. The number of hydrogen-bond acceptors (Lipinski definition) is 22. The smallest absolute Gasteiger partial charge is 0.416 e. The van der Waals surface area contributed by atoms with E-state index in [0.29, 0.717) is 178 Å². The Balaban J connectivity index is 0.639. The van der Waals surface area contributed by atoms with E-state index in [2.05, 4.69) is 26.3 Å². The molecule has 0 saturated heterocycles. The van der Waals surface area contributed by atoms with Crippen LogP contribution in [0.1, 0.15) is 170 Å². The van der Waals surface area contributed by atoms with E-state index < -0.39 is 54.1 Å². The summed E-state index contributed by atoms with van der Waals surface area (Å²) in [5.41, 5.74) is 3.95. The van der Waals surface area contributed by atoms with E-state index in [1.54, 1.807) is 67.6 Å². The van der Waals surface area contributed by atoms with Crippen molar-refractivity contribution in [3.63, 3.8) is 0 Å². The average molecular weight is 1540 g/mol. The molecule has 5 N–H and O–H groups in total. The van der Waals surface area contributed by atoms with Crippen molar-refractivity contribution < 1.29 is 100 Å². The zero-order valence-corrected chi connectivity index (χ0v) is 65.5. The van der Waals surface area contributed by atoms with Crippen molar-refractivity contribution in [2.75, 3.05) is 150 Å².